The van der Waals surface area contributed by atoms with Gasteiger partial charge in [-0.25, -0.2) is 18.1 Å². The van der Waals surface area contributed by atoms with Crippen LogP contribution in [0.15, 0.2) is 40.1 Å². The first-order valence-electron chi connectivity index (χ1n) is 7.37. The standard InChI is InChI=1S/C15H17ClN2O3S2/c16-11-3-8-14(17-10-11)21-13-6-4-12(5-7-13)18-23(19,20)15-2-1-9-22-15/h1-3,8-10,12-13,18H,4-7H2. The largest absolute Gasteiger partial charge is 0.474 e. The highest BCUT2D eigenvalue weighted by atomic mass is 35.5. The van der Waals surface area contributed by atoms with Crippen molar-refractivity contribution in [1.29, 1.82) is 0 Å². The van der Waals surface area contributed by atoms with Gasteiger partial charge < -0.3 is 4.74 Å². The van der Waals surface area contributed by atoms with Crippen molar-refractivity contribution < 1.29 is 13.2 Å². The van der Waals surface area contributed by atoms with Crippen molar-refractivity contribution in [2.75, 3.05) is 0 Å². The SMILES string of the molecule is O=S(=O)(NC1CCC(Oc2ccc(Cl)cn2)CC1)c1cccs1. The summed E-state index contributed by atoms with van der Waals surface area (Å²) in [7, 11) is -3.40. The maximum atomic E-state index is 12.2. The minimum Gasteiger partial charge on any atom is -0.474 e. The summed E-state index contributed by atoms with van der Waals surface area (Å²) >= 11 is 7.02. The fourth-order valence-corrected chi connectivity index (χ4v) is 5.02. The fraction of sp³-hybridized carbons (Fsp3) is 0.400. The van der Waals surface area contributed by atoms with E-state index in [-0.39, 0.29) is 12.1 Å². The van der Waals surface area contributed by atoms with Crippen molar-refractivity contribution in [2.24, 2.45) is 0 Å². The first-order chi connectivity index (χ1) is 11.0. The van der Waals surface area contributed by atoms with Crippen molar-refractivity contribution in [3.63, 3.8) is 0 Å². The van der Waals surface area contributed by atoms with E-state index in [1.165, 1.54) is 11.3 Å². The van der Waals surface area contributed by atoms with Crippen molar-refractivity contribution in [2.45, 2.75) is 42.0 Å². The predicted octanol–water partition coefficient (Wildman–Crippen LogP) is 3.47. The first kappa shape index (κ1) is 16.7. The van der Waals surface area contributed by atoms with E-state index in [0.29, 0.717) is 15.1 Å². The molecule has 0 unspecified atom stereocenters. The molecule has 2 aromatic rings. The summed E-state index contributed by atoms with van der Waals surface area (Å²) in [5.74, 6) is 0.553. The molecule has 5 nitrogen and oxygen atoms in total. The smallest absolute Gasteiger partial charge is 0.250 e. The zero-order valence-electron chi connectivity index (χ0n) is 12.3. The van der Waals surface area contributed by atoms with Crippen molar-refractivity contribution in [1.82, 2.24) is 9.71 Å². The maximum absolute atomic E-state index is 12.2. The topological polar surface area (TPSA) is 68.3 Å². The Hall–Kier alpha value is -1.15. The molecule has 124 valence electrons. The van der Waals surface area contributed by atoms with Crippen LogP contribution in [0.25, 0.3) is 0 Å². The zero-order chi connectivity index (χ0) is 16.3. The number of aromatic nitrogens is 1. The second-order valence-corrected chi connectivity index (χ2v) is 8.78. The van der Waals surface area contributed by atoms with E-state index in [0.717, 1.165) is 25.7 Å². The summed E-state index contributed by atoms with van der Waals surface area (Å²) in [5.41, 5.74) is 0. The second kappa shape index (κ2) is 7.17. The van der Waals surface area contributed by atoms with E-state index in [2.05, 4.69) is 9.71 Å². The highest BCUT2D eigenvalue weighted by Gasteiger charge is 2.27. The molecule has 0 aliphatic heterocycles. The van der Waals surface area contributed by atoms with Crippen LogP contribution in [0.3, 0.4) is 0 Å². The molecule has 1 aliphatic carbocycles. The van der Waals surface area contributed by atoms with Crippen LogP contribution < -0.4 is 9.46 Å². The van der Waals surface area contributed by atoms with Gasteiger partial charge in [0.15, 0.2) is 0 Å². The van der Waals surface area contributed by atoms with Crippen LogP contribution in [-0.2, 0) is 10.0 Å². The van der Waals surface area contributed by atoms with Crippen molar-refractivity contribution in [3.8, 4) is 5.88 Å². The maximum Gasteiger partial charge on any atom is 0.250 e. The average Bonchev–Trinajstić information content (AvgIpc) is 3.07. The van der Waals surface area contributed by atoms with Gasteiger partial charge >= 0.3 is 0 Å². The van der Waals surface area contributed by atoms with Crippen molar-refractivity contribution >= 4 is 33.0 Å². The molecule has 1 saturated carbocycles. The van der Waals surface area contributed by atoms with Gasteiger partial charge in [-0.2, -0.15) is 0 Å². The number of thiophene rings is 1. The fourth-order valence-electron chi connectivity index (χ4n) is 2.60. The van der Waals surface area contributed by atoms with Gasteiger partial charge in [0.1, 0.15) is 10.3 Å². The summed E-state index contributed by atoms with van der Waals surface area (Å²) in [4.78, 5) is 4.12. The Labute approximate surface area is 144 Å². The van der Waals surface area contributed by atoms with Crippen LogP contribution in [0.2, 0.25) is 5.02 Å². The monoisotopic (exact) mass is 372 g/mol. The van der Waals surface area contributed by atoms with E-state index < -0.39 is 10.0 Å². The molecule has 0 amide bonds. The lowest BCUT2D eigenvalue weighted by molar-refractivity contribution is 0.138. The van der Waals surface area contributed by atoms with E-state index in [4.69, 9.17) is 16.3 Å². The highest BCUT2D eigenvalue weighted by molar-refractivity contribution is 7.91. The number of rotatable bonds is 5. The number of hydrogen-bond donors (Lipinski definition) is 1. The summed E-state index contributed by atoms with van der Waals surface area (Å²) in [5, 5.41) is 2.34. The molecule has 2 aromatic heterocycles. The summed E-state index contributed by atoms with van der Waals surface area (Å²) in [6.45, 7) is 0. The quantitative estimate of drug-likeness (QED) is 0.872. The molecule has 0 atom stereocenters. The number of halogens is 1. The van der Waals surface area contributed by atoms with Gasteiger partial charge in [0.05, 0.1) is 5.02 Å². The van der Waals surface area contributed by atoms with Crippen LogP contribution in [0.5, 0.6) is 5.88 Å². The van der Waals surface area contributed by atoms with E-state index >= 15 is 0 Å². The first-order valence-corrected chi connectivity index (χ1v) is 10.1. The van der Waals surface area contributed by atoms with Gasteiger partial charge in [0, 0.05) is 18.3 Å². The van der Waals surface area contributed by atoms with Crippen LogP contribution in [0.1, 0.15) is 25.7 Å². The van der Waals surface area contributed by atoms with E-state index in [9.17, 15) is 8.42 Å². The minimum atomic E-state index is -3.40. The Morgan fingerprint density at radius 2 is 2.00 bits per heavy atom. The van der Waals surface area contributed by atoms with Crippen LogP contribution >= 0.6 is 22.9 Å². The Bertz CT molecular complexity index is 725. The van der Waals surface area contributed by atoms with Crippen molar-refractivity contribution in [3.05, 3.63) is 40.9 Å². The van der Waals surface area contributed by atoms with Crippen LogP contribution in [0.4, 0.5) is 0 Å². The lowest BCUT2D eigenvalue weighted by Crippen LogP contribution is -2.39. The molecule has 0 spiro atoms. The van der Waals surface area contributed by atoms with E-state index in [1.54, 1.807) is 35.8 Å². The second-order valence-electron chi connectivity index (χ2n) is 5.46. The predicted molar refractivity (Wildman–Crippen MR) is 90.6 cm³/mol. The summed E-state index contributed by atoms with van der Waals surface area (Å²) in [6, 6.07) is 6.80. The molecule has 23 heavy (non-hydrogen) atoms. The molecule has 1 fully saturated rings. The Balaban J connectivity index is 1.51. The number of ether oxygens (including phenoxy) is 1. The van der Waals surface area contributed by atoms with Gasteiger partial charge in [0.25, 0.3) is 0 Å². The van der Waals surface area contributed by atoms with Crippen LogP contribution in [0, 0.1) is 0 Å². The summed E-state index contributed by atoms with van der Waals surface area (Å²) in [6.07, 6.45) is 4.71. The molecule has 2 heterocycles. The molecule has 0 saturated heterocycles. The molecule has 3 rings (SSSR count). The third-order valence-corrected chi connectivity index (χ3v) is 6.89. The third kappa shape index (κ3) is 4.44. The number of hydrogen-bond acceptors (Lipinski definition) is 5. The minimum absolute atomic E-state index is 0.0415. The van der Waals surface area contributed by atoms with Gasteiger partial charge in [-0.15, -0.1) is 11.3 Å². The van der Waals surface area contributed by atoms with Gasteiger partial charge in [-0.05, 0) is 43.2 Å². The number of sulfonamides is 1. The molecule has 8 heteroatoms. The molecule has 1 N–H and O–H groups in total. The molecule has 0 aromatic carbocycles. The Morgan fingerprint density at radius 3 is 2.61 bits per heavy atom. The van der Waals surface area contributed by atoms with E-state index in [1.807, 2.05) is 0 Å². The third-order valence-electron chi connectivity index (χ3n) is 3.74. The zero-order valence-corrected chi connectivity index (χ0v) is 14.7. The lowest BCUT2D eigenvalue weighted by Gasteiger charge is -2.28. The molecular weight excluding hydrogens is 356 g/mol. The number of pyridine rings is 1. The van der Waals surface area contributed by atoms with Crippen LogP contribution in [-0.4, -0.2) is 25.5 Å². The van der Waals surface area contributed by atoms with Gasteiger partial charge in [0.2, 0.25) is 15.9 Å². The Kier molecular flexibility index (Phi) is 5.21. The number of nitrogens with one attached hydrogen (secondary N) is 1. The van der Waals surface area contributed by atoms with Gasteiger partial charge in [-0.1, -0.05) is 17.7 Å². The number of nitrogens with zero attached hydrogens (tertiary/aromatic N) is 1. The molecule has 1 aliphatic rings. The summed E-state index contributed by atoms with van der Waals surface area (Å²) < 4.78 is 33.4. The Morgan fingerprint density at radius 1 is 1.22 bits per heavy atom. The van der Waals surface area contributed by atoms with Gasteiger partial charge in [-0.3, -0.25) is 0 Å². The molecule has 0 radical (unpaired) electrons. The molecule has 0 bridgehead atoms. The molecular formula is C15H17ClN2O3S2. The normalized spacial score (nSPS) is 22.0. The average molecular weight is 373 g/mol. The highest BCUT2D eigenvalue weighted by Crippen LogP contribution is 2.25. The lowest BCUT2D eigenvalue weighted by atomic mass is 9.94.